The fourth-order valence-corrected chi connectivity index (χ4v) is 5.90. The molecule has 0 saturated heterocycles. The number of nitrogens with zero attached hydrogens (tertiary/aromatic N) is 5. The molecule has 40 heavy (non-hydrogen) atoms. The normalized spacial score (nSPS) is 15.2. The molecular weight excluding hydrogens is 587 g/mol. The molecule has 0 spiro atoms. The van der Waals surface area contributed by atoms with E-state index >= 15 is 4.39 Å². The largest absolute Gasteiger partial charge is 0.491 e. The summed E-state index contributed by atoms with van der Waals surface area (Å²) in [7, 11) is -3.56. The number of anilines is 1. The molecule has 4 heterocycles. The van der Waals surface area contributed by atoms with Crippen LogP contribution in [0, 0.1) is 12.7 Å². The fourth-order valence-electron chi connectivity index (χ4n) is 4.43. The van der Waals surface area contributed by atoms with Gasteiger partial charge in [0, 0.05) is 24.6 Å². The summed E-state index contributed by atoms with van der Waals surface area (Å²) in [4.78, 5) is 24.3. The number of rotatable bonds is 9. The molecule has 1 aliphatic rings. The summed E-state index contributed by atoms with van der Waals surface area (Å²) >= 11 is 7.54. The van der Waals surface area contributed by atoms with Gasteiger partial charge in [0.05, 0.1) is 24.3 Å². The van der Waals surface area contributed by atoms with Crippen molar-refractivity contribution >= 4 is 49.6 Å². The van der Waals surface area contributed by atoms with Crippen LogP contribution < -0.4 is 14.2 Å². The Morgan fingerprint density at radius 2 is 2.08 bits per heavy atom. The topological polar surface area (TPSA) is 148 Å². The lowest BCUT2D eigenvalue weighted by Crippen LogP contribution is -2.43. The van der Waals surface area contributed by atoms with E-state index in [2.05, 4.69) is 19.8 Å². The molecule has 212 valence electrons. The molecule has 5 rings (SSSR count). The molecule has 0 aliphatic carbocycles. The lowest BCUT2D eigenvalue weighted by atomic mass is 9.95. The zero-order chi connectivity index (χ0) is 28.6. The van der Waals surface area contributed by atoms with Crippen LogP contribution in [0.1, 0.15) is 28.0 Å². The van der Waals surface area contributed by atoms with Crippen molar-refractivity contribution < 1.29 is 32.2 Å². The Balaban J connectivity index is 1.45. The van der Waals surface area contributed by atoms with Crippen LogP contribution in [0.15, 0.2) is 30.3 Å². The first-order valence-electron chi connectivity index (χ1n) is 12.0. The van der Waals surface area contributed by atoms with Crippen molar-refractivity contribution in [3.8, 4) is 11.5 Å². The minimum Gasteiger partial charge on any atom is -0.491 e. The number of halogens is 2. The number of hydrogen-bond donors (Lipinski definition) is 2. The average molecular weight is 611 g/mol. The highest BCUT2D eigenvalue weighted by atomic mass is 35.5. The molecule has 4 aromatic rings. The van der Waals surface area contributed by atoms with Gasteiger partial charge in [0.15, 0.2) is 17.5 Å². The van der Waals surface area contributed by atoms with Crippen LogP contribution in [0.5, 0.6) is 11.5 Å². The number of aliphatic hydroxyl groups is 1. The molecule has 0 fully saturated rings. The molecule has 1 atom stereocenters. The molecule has 1 amide bonds. The zero-order valence-corrected chi connectivity index (χ0v) is 23.7. The van der Waals surface area contributed by atoms with Crippen LogP contribution >= 0.6 is 22.9 Å². The first-order chi connectivity index (χ1) is 19.0. The Bertz CT molecular complexity index is 1690. The number of aliphatic hydroxyl groups excluding tert-OH is 1. The molecule has 1 unspecified atom stereocenters. The van der Waals surface area contributed by atoms with Crippen molar-refractivity contribution in [3.63, 3.8) is 0 Å². The highest BCUT2D eigenvalue weighted by Crippen LogP contribution is 2.38. The fraction of sp³-hybridized carbons (Fsp3) is 0.333. The lowest BCUT2D eigenvalue weighted by molar-refractivity contribution is -0.135. The predicted molar refractivity (Wildman–Crippen MR) is 145 cm³/mol. The molecule has 0 saturated carbocycles. The third kappa shape index (κ3) is 5.82. The summed E-state index contributed by atoms with van der Waals surface area (Å²) in [5.41, 5.74) is 1.52. The summed E-state index contributed by atoms with van der Waals surface area (Å²) in [5, 5.41) is 14.2. The number of aryl methyl sites for hydroxylation is 1. The average Bonchev–Trinajstić information content (AvgIpc) is 3.41. The molecule has 1 aliphatic heterocycles. The summed E-state index contributed by atoms with van der Waals surface area (Å²) in [6.45, 7) is 1.44. The monoisotopic (exact) mass is 610 g/mol. The molecule has 3 aromatic heterocycles. The summed E-state index contributed by atoms with van der Waals surface area (Å²) in [5.74, 6) is -0.741. The Labute approximate surface area is 237 Å². The number of amides is 1. The van der Waals surface area contributed by atoms with E-state index in [1.807, 2.05) is 6.92 Å². The van der Waals surface area contributed by atoms with Gasteiger partial charge in [0.1, 0.15) is 35.0 Å². The van der Waals surface area contributed by atoms with Crippen molar-refractivity contribution in [2.24, 2.45) is 0 Å². The standard InChI is InChI=1S/C24H24ClFN6O6S2/c1-13-29-32-22-17(27-24(32)39-13)7-8-31(21(22)15-4-3-14(11-16(15)26)37-10-9-33)20(34)12-38-18-5-6-19(28-23(18)25)30-40(2,35)36/h3-6,11,21,33H,7-10,12H2,1-2H3,(H,28,30). The number of fused-ring (bicyclic) bond motifs is 3. The van der Waals surface area contributed by atoms with E-state index in [1.165, 1.54) is 40.5 Å². The third-order valence-electron chi connectivity index (χ3n) is 5.98. The van der Waals surface area contributed by atoms with E-state index in [0.717, 1.165) is 17.0 Å². The van der Waals surface area contributed by atoms with Gasteiger partial charge < -0.3 is 19.5 Å². The maximum atomic E-state index is 15.5. The Kier molecular flexibility index (Phi) is 7.81. The number of carbonyl (C=O) groups is 1. The number of sulfonamides is 1. The van der Waals surface area contributed by atoms with E-state index < -0.39 is 34.4 Å². The van der Waals surface area contributed by atoms with Crippen LogP contribution in [0.4, 0.5) is 10.2 Å². The summed E-state index contributed by atoms with van der Waals surface area (Å²) in [6, 6.07) is 6.20. The van der Waals surface area contributed by atoms with Gasteiger partial charge in [-0.2, -0.15) is 5.10 Å². The lowest BCUT2D eigenvalue weighted by Gasteiger charge is -2.35. The van der Waals surface area contributed by atoms with E-state index in [-0.39, 0.29) is 47.8 Å². The SMILES string of the molecule is Cc1nn2c3c(nc2s1)CCN(C(=O)COc1ccc(NS(C)(=O)=O)nc1Cl)C3c1ccc(OCCO)cc1F. The van der Waals surface area contributed by atoms with E-state index in [0.29, 0.717) is 17.1 Å². The summed E-state index contributed by atoms with van der Waals surface area (Å²) in [6.07, 6.45) is 1.41. The third-order valence-corrected chi connectivity index (χ3v) is 7.65. The maximum absolute atomic E-state index is 15.5. The molecule has 0 bridgehead atoms. The van der Waals surface area contributed by atoms with Gasteiger partial charge in [-0.05, 0) is 31.2 Å². The minimum absolute atomic E-state index is 0.00000302. The number of aromatic nitrogens is 4. The second kappa shape index (κ2) is 11.2. The van der Waals surface area contributed by atoms with E-state index in [1.54, 1.807) is 10.6 Å². The molecule has 2 N–H and O–H groups in total. The molecule has 0 radical (unpaired) electrons. The molecular formula is C24H24ClFN6O6S2. The van der Waals surface area contributed by atoms with Crippen molar-refractivity contribution in [1.82, 2.24) is 24.5 Å². The number of hydrogen-bond acceptors (Lipinski definition) is 10. The maximum Gasteiger partial charge on any atom is 0.261 e. The first-order valence-corrected chi connectivity index (χ1v) is 15.1. The van der Waals surface area contributed by atoms with Gasteiger partial charge in [-0.1, -0.05) is 22.9 Å². The second-order valence-electron chi connectivity index (χ2n) is 8.90. The van der Waals surface area contributed by atoms with Gasteiger partial charge in [0.2, 0.25) is 15.0 Å². The van der Waals surface area contributed by atoms with Crippen LogP contribution in [-0.2, 0) is 21.2 Å². The number of ether oxygens (including phenoxy) is 2. The Hall–Kier alpha value is -3.53. The smallest absolute Gasteiger partial charge is 0.261 e. The number of nitrogens with one attached hydrogen (secondary N) is 1. The number of benzene rings is 1. The van der Waals surface area contributed by atoms with E-state index in [9.17, 15) is 13.2 Å². The van der Waals surface area contributed by atoms with Crippen molar-refractivity contribution in [3.05, 3.63) is 63.3 Å². The van der Waals surface area contributed by atoms with Crippen molar-refractivity contribution in [1.29, 1.82) is 0 Å². The van der Waals surface area contributed by atoms with Gasteiger partial charge >= 0.3 is 0 Å². The molecule has 1 aromatic carbocycles. The van der Waals surface area contributed by atoms with Crippen LogP contribution in [-0.4, -0.2) is 76.5 Å². The first kappa shape index (κ1) is 28.0. The van der Waals surface area contributed by atoms with Gasteiger partial charge in [0.25, 0.3) is 5.91 Å². The quantitative estimate of drug-likeness (QED) is 0.273. The highest BCUT2D eigenvalue weighted by molar-refractivity contribution is 7.92. The minimum atomic E-state index is -3.56. The van der Waals surface area contributed by atoms with Gasteiger partial charge in [-0.25, -0.2) is 27.3 Å². The predicted octanol–water partition coefficient (Wildman–Crippen LogP) is 2.58. The Morgan fingerprint density at radius 1 is 1.27 bits per heavy atom. The molecule has 16 heteroatoms. The number of imidazole rings is 1. The van der Waals surface area contributed by atoms with Crippen LogP contribution in [0.3, 0.4) is 0 Å². The molecule has 12 nitrogen and oxygen atoms in total. The van der Waals surface area contributed by atoms with Crippen molar-refractivity contribution in [2.75, 3.05) is 37.3 Å². The zero-order valence-electron chi connectivity index (χ0n) is 21.3. The van der Waals surface area contributed by atoms with E-state index in [4.69, 9.17) is 26.2 Å². The van der Waals surface area contributed by atoms with Crippen LogP contribution in [0.25, 0.3) is 4.96 Å². The van der Waals surface area contributed by atoms with Gasteiger partial charge in [-0.15, -0.1) is 0 Å². The van der Waals surface area contributed by atoms with Crippen molar-refractivity contribution in [2.45, 2.75) is 19.4 Å². The van der Waals surface area contributed by atoms with Crippen LogP contribution in [0.2, 0.25) is 5.15 Å². The number of carbonyl (C=O) groups excluding carboxylic acids is 1. The second-order valence-corrected chi connectivity index (χ2v) is 12.2. The van der Waals surface area contributed by atoms with Gasteiger partial charge in [-0.3, -0.25) is 9.52 Å². The summed E-state index contributed by atoms with van der Waals surface area (Å²) < 4.78 is 53.3. The highest BCUT2D eigenvalue weighted by Gasteiger charge is 2.38. The Morgan fingerprint density at radius 3 is 2.77 bits per heavy atom. The number of pyridine rings is 1.